The standard InChI is InChI=1S/C13H10Cl2N2O6S/c14-8-1-3-11(10(15)5-8)22-7-12(18)17-16-6-9-2-4-13(23-9)24(19,20)21/h1-6H,7H2,(H,17,18)(H,19,20,21). The van der Waals surface area contributed by atoms with E-state index < -0.39 is 21.1 Å². The lowest BCUT2D eigenvalue weighted by Crippen LogP contribution is -2.24. The van der Waals surface area contributed by atoms with Gasteiger partial charge in [0.25, 0.3) is 5.91 Å². The first-order valence-corrected chi connectivity index (χ1v) is 8.42. The van der Waals surface area contributed by atoms with Gasteiger partial charge < -0.3 is 9.15 Å². The van der Waals surface area contributed by atoms with Crippen molar-refractivity contribution >= 4 is 45.4 Å². The summed E-state index contributed by atoms with van der Waals surface area (Å²) < 4.78 is 40.4. The number of carbonyl (C=O) groups excluding carboxylic acids is 1. The van der Waals surface area contributed by atoms with Crippen LogP contribution in [0, 0.1) is 0 Å². The average molecular weight is 393 g/mol. The lowest BCUT2D eigenvalue weighted by molar-refractivity contribution is -0.123. The highest BCUT2D eigenvalue weighted by Gasteiger charge is 2.14. The van der Waals surface area contributed by atoms with E-state index in [9.17, 15) is 13.2 Å². The highest BCUT2D eigenvalue weighted by Crippen LogP contribution is 2.27. The number of halogens is 2. The second kappa shape index (κ2) is 7.67. The van der Waals surface area contributed by atoms with E-state index >= 15 is 0 Å². The monoisotopic (exact) mass is 392 g/mol. The second-order valence-corrected chi connectivity index (χ2v) is 6.48. The van der Waals surface area contributed by atoms with E-state index in [0.29, 0.717) is 5.02 Å². The molecule has 128 valence electrons. The van der Waals surface area contributed by atoms with Crippen LogP contribution in [-0.4, -0.2) is 31.7 Å². The molecular formula is C13H10Cl2N2O6S. The van der Waals surface area contributed by atoms with Crippen LogP contribution in [0.1, 0.15) is 5.76 Å². The lowest BCUT2D eigenvalue weighted by atomic mass is 10.3. The Morgan fingerprint density at radius 2 is 2.08 bits per heavy atom. The van der Waals surface area contributed by atoms with Crippen LogP contribution in [0.15, 0.2) is 44.9 Å². The largest absolute Gasteiger partial charge is 0.482 e. The molecule has 8 nitrogen and oxygen atoms in total. The number of nitrogens with one attached hydrogen (secondary N) is 1. The molecule has 0 radical (unpaired) electrons. The van der Waals surface area contributed by atoms with Crippen LogP contribution < -0.4 is 10.2 Å². The van der Waals surface area contributed by atoms with Gasteiger partial charge in [0, 0.05) is 5.02 Å². The van der Waals surface area contributed by atoms with Gasteiger partial charge in [-0.3, -0.25) is 9.35 Å². The van der Waals surface area contributed by atoms with Crippen molar-refractivity contribution in [3.63, 3.8) is 0 Å². The first-order valence-electron chi connectivity index (χ1n) is 6.23. The van der Waals surface area contributed by atoms with E-state index in [1.807, 2.05) is 0 Å². The van der Waals surface area contributed by atoms with Crippen LogP contribution in [0.4, 0.5) is 0 Å². The third-order valence-corrected chi connectivity index (χ3v) is 3.75. The summed E-state index contributed by atoms with van der Waals surface area (Å²) in [6.45, 7) is -0.354. The fourth-order valence-corrected chi connectivity index (χ4v) is 2.38. The maximum atomic E-state index is 11.6. The number of ether oxygens (including phenoxy) is 1. The molecule has 0 unspecified atom stereocenters. The van der Waals surface area contributed by atoms with Gasteiger partial charge in [-0.1, -0.05) is 23.2 Å². The van der Waals surface area contributed by atoms with Crippen LogP contribution in [0.5, 0.6) is 5.75 Å². The Labute approximate surface area is 146 Å². The van der Waals surface area contributed by atoms with Crippen molar-refractivity contribution in [2.45, 2.75) is 5.09 Å². The molecule has 0 saturated carbocycles. The summed E-state index contributed by atoms with van der Waals surface area (Å²) in [6.07, 6.45) is 1.06. The fourth-order valence-electron chi connectivity index (χ4n) is 1.48. The number of rotatable bonds is 6. The molecule has 2 N–H and O–H groups in total. The topological polar surface area (TPSA) is 118 Å². The number of carbonyl (C=O) groups is 1. The van der Waals surface area contributed by atoms with Gasteiger partial charge >= 0.3 is 10.1 Å². The summed E-state index contributed by atoms with van der Waals surface area (Å²) in [5, 5.41) is 3.62. The Morgan fingerprint density at radius 1 is 1.33 bits per heavy atom. The minimum Gasteiger partial charge on any atom is -0.482 e. The molecule has 1 aromatic heterocycles. The molecule has 0 aliphatic rings. The van der Waals surface area contributed by atoms with E-state index in [4.69, 9.17) is 36.9 Å². The molecule has 2 rings (SSSR count). The smallest absolute Gasteiger partial charge is 0.328 e. The normalized spacial score (nSPS) is 11.6. The fraction of sp³-hybridized carbons (Fsp3) is 0.0769. The Kier molecular flexibility index (Phi) is 5.84. The molecule has 0 fully saturated rings. The molecule has 11 heteroatoms. The van der Waals surface area contributed by atoms with E-state index in [-0.39, 0.29) is 23.1 Å². The summed E-state index contributed by atoms with van der Waals surface area (Å²) in [6, 6.07) is 6.84. The number of hydrogen-bond donors (Lipinski definition) is 2. The molecule has 0 atom stereocenters. The average Bonchev–Trinajstić information content (AvgIpc) is 2.95. The SMILES string of the molecule is O=C(COc1ccc(Cl)cc1Cl)NN=Cc1ccc(S(=O)(=O)O)o1. The highest BCUT2D eigenvalue weighted by atomic mass is 35.5. The van der Waals surface area contributed by atoms with Gasteiger partial charge in [-0.25, -0.2) is 5.43 Å². The molecule has 24 heavy (non-hydrogen) atoms. The molecule has 0 spiro atoms. The van der Waals surface area contributed by atoms with Crippen LogP contribution in [-0.2, 0) is 14.9 Å². The summed E-state index contributed by atoms with van der Waals surface area (Å²) >= 11 is 11.6. The van der Waals surface area contributed by atoms with Crippen LogP contribution >= 0.6 is 23.2 Å². The van der Waals surface area contributed by atoms with E-state index in [1.165, 1.54) is 18.2 Å². The Hall–Kier alpha value is -2.07. The van der Waals surface area contributed by atoms with Gasteiger partial charge in [0.1, 0.15) is 11.5 Å². The Bertz CT molecular complexity index is 878. The number of amides is 1. The summed E-state index contributed by atoms with van der Waals surface area (Å²) in [7, 11) is -4.43. The molecule has 0 bridgehead atoms. The van der Waals surface area contributed by atoms with E-state index in [2.05, 4.69) is 10.5 Å². The van der Waals surface area contributed by atoms with Crippen LogP contribution in [0.2, 0.25) is 10.0 Å². The minimum absolute atomic E-state index is 0.0181. The van der Waals surface area contributed by atoms with Gasteiger partial charge in [-0.05, 0) is 30.3 Å². The Morgan fingerprint density at radius 3 is 2.71 bits per heavy atom. The van der Waals surface area contributed by atoms with Gasteiger partial charge in [-0.15, -0.1) is 0 Å². The highest BCUT2D eigenvalue weighted by molar-refractivity contribution is 7.85. The zero-order valence-electron chi connectivity index (χ0n) is 11.8. The first-order chi connectivity index (χ1) is 11.3. The van der Waals surface area contributed by atoms with Gasteiger partial charge in [-0.2, -0.15) is 13.5 Å². The van der Waals surface area contributed by atoms with Crippen molar-refractivity contribution in [2.75, 3.05) is 6.61 Å². The van der Waals surface area contributed by atoms with Crippen molar-refractivity contribution in [2.24, 2.45) is 5.10 Å². The zero-order chi connectivity index (χ0) is 17.7. The number of furan rings is 1. The molecular weight excluding hydrogens is 383 g/mol. The van der Waals surface area contributed by atoms with E-state index in [1.54, 1.807) is 6.07 Å². The summed E-state index contributed by atoms with van der Waals surface area (Å²) in [4.78, 5) is 11.6. The molecule has 1 heterocycles. The lowest BCUT2D eigenvalue weighted by Gasteiger charge is -2.06. The number of nitrogens with zero attached hydrogens (tertiary/aromatic N) is 1. The van der Waals surface area contributed by atoms with E-state index in [0.717, 1.165) is 12.3 Å². The third-order valence-electron chi connectivity index (χ3n) is 2.49. The van der Waals surface area contributed by atoms with Crippen molar-refractivity contribution in [3.8, 4) is 5.75 Å². The van der Waals surface area contributed by atoms with Crippen molar-refractivity contribution in [3.05, 3.63) is 46.1 Å². The maximum Gasteiger partial charge on any atom is 0.328 e. The number of hydrazone groups is 1. The maximum absolute atomic E-state index is 11.6. The molecule has 1 amide bonds. The van der Waals surface area contributed by atoms with Gasteiger partial charge in [0.05, 0.1) is 11.2 Å². The molecule has 0 aliphatic heterocycles. The van der Waals surface area contributed by atoms with Crippen LogP contribution in [0.3, 0.4) is 0 Å². The number of benzene rings is 1. The third kappa shape index (κ3) is 5.24. The van der Waals surface area contributed by atoms with Gasteiger partial charge in [0.15, 0.2) is 6.61 Å². The predicted molar refractivity (Wildman–Crippen MR) is 86.2 cm³/mol. The first kappa shape index (κ1) is 18.3. The van der Waals surface area contributed by atoms with Crippen molar-refractivity contribution in [1.29, 1.82) is 0 Å². The second-order valence-electron chi connectivity index (χ2n) is 4.29. The molecule has 1 aromatic carbocycles. The summed E-state index contributed by atoms with van der Waals surface area (Å²) in [5.41, 5.74) is 2.14. The molecule has 0 saturated heterocycles. The van der Waals surface area contributed by atoms with Crippen molar-refractivity contribution in [1.82, 2.24) is 5.43 Å². The zero-order valence-corrected chi connectivity index (χ0v) is 14.1. The summed E-state index contributed by atoms with van der Waals surface area (Å²) in [5.74, 6) is -0.285. The molecule has 0 aliphatic carbocycles. The van der Waals surface area contributed by atoms with Gasteiger partial charge in [0.2, 0.25) is 5.09 Å². The quantitative estimate of drug-likeness (QED) is 0.442. The van der Waals surface area contributed by atoms with Crippen molar-refractivity contribution < 1.29 is 26.9 Å². The number of hydrogen-bond acceptors (Lipinski definition) is 6. The Balaban J connectivity index is 1.85. The molecule has 2 aromatic rings. The minimum atomic E-state index is -4.43. The predicted octanol–water partition coefficient (Wildman–Crippen LogP) is 2.36. The van der Waals surface area contributed by atoms with Crippen LogP contribution in [0.25, 0.3) is 0 Å².